The quantitative estimate of drug-likeness (QED) is 0.857. The Morgan fingerprint density at radius 1 is 1.21 bits per heavy atom. The van der Waals surface area contributed by atoms with Gasteiger partial charge in [0.25, 0.3) is 0 Å². The molecule has 102 valence electrons. The van der Waals surface area contributed by atoms with E-state index in [0.29, 0.717) is 5.75 Å². The number of hydrogen-bond donors (Lipinski definition) is 0. The van der Waals surface area contributed by atoms with Gasteiger partial charge in [0, 0.05) is 12.3 Å². The molecule has 0 atom stereocenters. The standard InChI is InChI=1S/C12H15N3O3S/c1-9(2)15-8-13-12(14-15)18-10-4-6-11(7-5-10)19(3,16)17/h4-9H,1-3H3. The number of aromatic nitrogens is 3. The Balaban J connectivity index is 2.15. The van der Waals surface area contributed by atoms with Crippen molar-refractivity contribution in [3.8, 4) is 11.8 Å². The average Bonchev–Trinajstić information content (AvgIpc) is 2.77. The summed E-state index contributed by atoms with van der Waals surface area (Å²) in [7, 11) is -3.19. The minimum absolute atomic E-state index is 0.206. The van der Waals surface area contributed by atoms with Gasteiger partial charge in [0.2, 0.25) is 0 Å². The van der Waals surface area contributed by atoms with Gasteiger partial charge in [-0.2, -0.15) is 4.98 Å². The lowest BCUT2D eigenvalue weighted by molar-refractivity contribution is 0.425. The van der Waals surface area contributed by atoms with Crippen molar-refractivity contribution in [1.82, 2.24) is 14.8 Å². The molecule has 0 aliphatic heterocycles. The molecule has 0 fully saturated rings. The Bertz CT molecular complexity index is 660. The number of hydrogen-bond acceptors (Lipinski definition) is 5. The molecule has 2 rings (SSSR count). The van der Waals surface area contributed by atoms with Crippen LogP contribution in [0.4, 0.5) is 0 Å². The van der Waals surface area contributed by atoms with E-state index in [0.717, 1.165) is 6.26 Å². The predicted molar refractivity (Wildman–Crippen MR) is 70.0 cm³/mol. The summed E-state index contributed by atoms with van der Waals surface area (Å²) < 4.78 is 29.7. The van der Waals surface area contributed by atoms with Crippen LogP contribution in [0.15, 0.2) is 35.5 Å². The zero-order valence-corrected chi connectivity index (χ0v) is 11.8. The molecule has 0 N–H and O–H groups in total. The van der Waals surface area contributed by atoms with Crippen molar-refractivity contribution in [2.24, 2.45) is 0 Å². The maximum atomic E-state index is 11.3. The highest BCUT2D eigenvalue weighted by molar-refractivity contribution is 7.90. The second-order valence-corrected chi connectivity index (χ2v) is 6.46. The van der Waals surface area contributed by atoms with E-state index in [9.17, 15) is 8.42 Å². The third kappa shape index (κ3) is 3.31. The normalized spacial score (nSPS) is 11.8. The molecule has 0 bridgehead atoms. The third-order valence-electron chi connectivity index (χ3n) is 2.48. The smallest absolute Gasteiger partial charge is 0.340 e. The van der Waals surface area contributed by atoms with Gasteiger partial charge in [-0.3, -0.25) is 0 Å². The number of sulfone groups is 1. The van der Waals surface area contributed by atoms with Crippen LogP contribution in [-0.2, 0) is 9.84 Å². The first-order valence-corrected chi connectivity index (χ1v) is 7.64. The molecular weight excluding hydrogens is 266 g/mol. The lowest BCUT2D eigenvalue weighted by Gasteiger charge is -2.03. The van der Waals surface area contributed by atoms with E-state index in [2.05, 4.69) is 10.1 Å². The predicted octanol–water partition coefficient (Wildman–Crippen LogP) is 2.05. The van der Waals surface area contributed by atoms with E-state index in [4.69, 9.17) is 4.74 Å². The van der Waals surface area contributed by atoms with Gasteiger partial charge in [0.05, 0.1) is 4.90 Å². The number of nitrogens with zero attached hydrogens (tertiary/aromatic N) is 3. The molecule has 0 aliphatic carbocycles. The van der Waals surface area contributed by atoms with Crippen LogP contribution >= 0.6 is 0 Å². The highest BCUT2D eigenvalue weighted by atomic mass is 32.2. The minimum Gasteiger partial charge on any atom is -0.423 e. The van der Waals surface area contributed by atoms with Gasteiger partial charge in [-0.1, -0.05) is 0 Å². The van der Waals surface area contributed by atoms with Crippen molar-refractivity contribution in [3.63, 3.8) is 0 Å². The summed E-state index contributed by atoms with van der Waals surface area (Å²) in [6, 6.07) is 6.57. The fourth-order valence-corrected chi connectivity index (χ4v) is 2.05. The van der Waals surface area contributed by atoms with Crippen LogP contribution in [0.3, 0.4) is 0 Å². The largest absolute Gasteiger partial charge is 0.423 e. The van der Waals surface area contributed by atoms with Crippen LogP contribution in [0.1, 0.15) is 19.9 Å². The summed E-state index contributed by atoms with van der Waals surface area (Å²) in [5.74, 6) is 0.494. The first-order valence-electron chi connectivity index (χ1n) is 5.75. The van der Waals surface area contributed by atoms with Crippen LogP contribution in [0, 0.1) is 0 Å². The zero-order chi connectivity index (χ0) is 14.0. The van der Waals surface area contributed by atoms with Crippen LogP contribution in [0.2, 0.25) is 0 Å². The fourth-order valence-electron chi connectivity index (χ4n) is 1.41. The average molecular weight is 281 g/mol. The van der Waals surface area contributed by atoms with Crippen molar-refractivity contribution >= 4 is 9.84 Å². The van der Waals surface area contributed by atoms with Crippen LogP contribution in [0.5, 0.6) is 11.8 Å². The summed E-state index contributed by atoms with van der Waals surface area (Å²) in [6.45, 7) is 3.97. The molecule has 7 heteroatoms. The Morgan fingerprint density at radius 3 is 2.32 bits per heavy atom. The summed E-state index contributed by atoms with van der Waals surface area (Å²) in [5.41, 5.74) is 0. The van der Waals surface area contributed by atoms with E-state index in [1.807, 2.05) is 13.8 Å². The number of rotatable bonds is 4. The van der Waals surface area contributed by atoms with Gasteiger partial charge in [0.1, 0.15) is 12.1 Å². The highest BCUT2D eigenvalue weighted by Crippen LogP contribution is 2.20. The molecule has 6 nitrogen and oxygen atoms in total. The van der Waals surface area contributed by atoms with E-state index in [1.54, 1.807) is 23.1 Å². The Hall–Kier alpha value is -1.89. The maximum Gasteiger partial charge on any atom is 0.340 e. The van der Waals surface area contributed by atoms with Crippen molar-refractivity contribution in [1.29, 1.82) is 0 Å². The molecule has 0 unspecified atom stereocenters. The van der Waals surface area contributed by atoms with Crippen LogP contribution in [-0.4, -0.2) is 29.4 Å². The maximum absolute atomic E-state index is 11.3. The Morgan fingerprint density at radius 2 is 1.84 bits per heavy atom. The summed E-state index contributed by atoms with van der Waals surface area (Å²) in [6.07, 6.45) is 2.75. The first-order chi connectivity index (χ1) is 8.86. The lowest BCUT2D eigenvalue weighted by Crippen LogP contribution is -2.01. The van der Waals surface area contributed by atoms with Gasteiger partial charge < -0.3 is 4.74 Å². The summed E-state index contributed by atoms with van der Waals surface area (Å²) in [5, 5.41) is 4.14. The number of benzene rings is 1. The first kappa shape index (κ1) is 13.5. The van der Waals surface area contributed by atoms with E-state index in [1.165, 1.54) is 12.1 Å². The van der Waals surface area contributed by atoms with E-state index < -0.39 is 9.84 Å². The SMILES string of the molecule is CC(C)n1cnc(Oc2ccc(S(C)(=O)=O)cc2)n1. The molecule has 1 heterocycles. The minimum atomic E-state index is -3.19. The molecular formula is C12H15N3O3S. The van der Waals surface area contributed by atoms with Crippen molar-refractivity contribution in [2.45, 2.75) is 24.8 Å². The number of ether oxygens (including phenoxy) is 1. The fraction of sp³-hybridized carbons (Fsp3) is 0.333. The van der Waals surface area contributed by atoms with Gasteiger partial charge in [-0.15, -0.1) is 5.10 Å². The van der Waals surface area contributed by atoms with Crippen LogP contribution in [0.25, 0.3) is 0 Å². The molecule has 0 saturated carbocycles. The van der Waals surface area contributed by atoms with E-state index in [-0.39, 0.29) is 16.9 Å². The monoisotopic (exact) mass is 281 g/mol. The second kappa shape index (κ2) is 5.00. The van der Waals surface area contributed by atoms with Gasteiger partial charge in [0.15, 0.2) is 9.84 Å². The highest BCUT2D eigenvalue weighted by Gasteiger charge is 2.09. The van der Waals surface area contributed by atoms with Crippen molar-refractivity contribution < 1.29 is 13.2 Å². The molecule has 2 aromatic rings. The molecule has 0 spiro atoms. The second-order valence-electron chi connectivity index (χ2n) is 4.45. The molecule has 19 heavy (non-hydrogen) atoms. The molecule has 0 aliphatic rings. The topological polar surface area (TPSA) is 74.1 Å². The van der Waals surface area contributed by atoms with Crippen molar-refractivity contribution in [2.75, 3.05) is 6.26 Å². The molecule has 0 saturated heterocycles. The van der Waals surface area contributed by atoms with Crippen LogP contribution < -0.4 is 4.74 Å². The Kier molecular flexibility index (Phi) is 3.57. The van der Waals surface area contributed by atoms with Gasteiger partial charge in [-0.25, -0.2) is 13.1 Å². The van der Waals surface area contributed by atoms with Gasteiger partial charge >= 0.3 is 6.01 Å². The lowest BCUT2D eigenvalue weighted by atomic mass is 10.3. The molecule has 1 aromatic heterocycles. The third-order valence-corrected chi connectivity index (χ3v) is 3.61. The summed E-state index contributed by atoms with van der Waals surface area (Å²) in [4.78, 5) is 4.27. The van der Waals surface area contributed by atoms with Crippen molar-refractivity contribution in [3.05, 3.63) is 30.6 Å². The molecule has 1 aromatic carbocycles. The summed E-state index contributed by atoms with van der Waals surface area (Å²) >= 11 is 0. The Labute approximate surface area is 112 Å². The molecule has 0 radical (unpaired) electrons. The zero-order valence-electron chi connectivity index (χ0n) is 10.9. The van der Waals surface area contributed by atoms with E-state index >= 15 is 0 Å². The van der Waals surface area contributed by atoms with Gasteiger partial charge in [-0.05, 0) is 38.1 Å². The molecule has 0 amide bonds.